The SMILES string of the molecule is C=C(C(=O)OC)C1(O)C(=O)Nc2ccccc21. The molecular formula is C12H11NO4. The van der Waals surface area contributed by atoms with Crippen molar-refractivity contribution < 1.29 is 19.4 Å². The minimum Gasteiger partial charge on any atom is -0.466 e. The summed E-state index contributed by atoms with van der Waals surface area (Å²) in [6.07, 6.45) is 0. The van der Waals surface area contributed by atoms with Gasteiger partial charge in [-0.3, -0.25) is 4.79 Å². The molecule has 1 amide bonds. The quantitative estimate of drug-likeness (QED) is 0.578. The molecule has 0 fully saturated rings. The fraction of sp³-hybridized carbons (Fsp3) is 0.167. The van der Waals surface area contributed by atoms with E-state index in [0.717, 1.165) is 7.11 Å². The van der Waals surface area contributed by atoms with Crippen LogP contribution in [-0.4, -0.2) is 24.1 Å². The molecule has 2 rings (SSSR count). The molecule has 1 aromatic carbocycles. The number of nitrogens with one attached hydrogen (secondary N) is 1. The maximum absolute atomic E-state index is 11.8. The van der Waals surface area contributed by atoms with Crippen molar-refractivity contribution in [1.82, 2.24) is 0 Å². The lowest BCUT2D eigenvalue weighted by atomic mass is 9.88. The van der Waals surface area contributed by atoms with Crippen molar-refractivity contribution in [2.24, 2.45) is 0 Å². The highest BCUT2D eigenvalue weighted by Crippen LogP contribution is 2.40. The van der Waals surface area contributed by atoms with Gasteiger partial charge in [0.1, 0.15) is 0 Å². The Balaban J connectivity index is 2.54. The number of ether oxygens (including phenoxy) is 1. The molecule has 0 bridgehead atoms. The minimum absolute atomic E-state index is 0.303. The monoisotopic (exact) mass is 233 g/mol. The number of hydrogen-bond acceptors (Lipinski definition) is 4. The van der Waals surface area contributed by atoms with Gasteiger partial charge in [0.15, 0.2) is 0 Å². The Kier molecular flexibility index (Phi) is 2.48. The first-order valence-electron chi connectivity index (χ1n) is 4.93. The molecule has 17 heavy (non-hydrogen) atoms. The summed E-state index contributed by atoms with van der Waals surface area (Å²) in [5.74, 6) is -1.52. The van der Waals surface area contributed by atoms with Gasteiger partial charge in [-0.1, -0.05) is 24.8 Å². The van der Waals surface area contributed by atoms with Crippen molar-refractivity contribution in [2.45, 2.75) is 5.60 Å². The number of carbonyl (C=O) groups is 2. The lowest BCUT2D eigenvalue weighted by Crippen LogP contribution is -2.39. The van der Waals surface area contributed by atoms with Crippen molar-refractivity contribution >= 4 is 17.6 Å². The highest BCUT2D eigenvalue weighted by atomic mass is 16.5. The van der Waals surface area contributed by atoms with E-state index in [4.69, 9.17) is 0 Å². The molecule has 5 heteroatoms. The molecule has 0 aromatic heterocycles. The van der Waals surface area contributed by atoms with Crippen LogP contribution in [0.1, 0.15) is 5.56 Å². The standard InChI is InChI=1S/C12H11NO4/c1-7(10(14)17-2)12(16)8-5-3-4-6-9(8)13-11(12)15/h3-6,16H,1H2,2H3,(H,13,15). The summed E-state index contributed by atoms with van der Waals surface area (Å²) < 4.78 is 4.47. The van der Waals surface area contributed by atoms with Crippen molar-refractivity contribution in [3.05, 3.63) is 42.0 Å². The molecule has 1 atom stereocenters. The lowest BCUT2D eigenvalue weighted by molar-refractivity contribution is -0.143. The number of hydrogen-bond donors (Lipinski definition) is 2. The average Bonchev–Trinajstić information content (AvgIpc) is 2.61. The zero-order valence-corrected chi connectivity index (χ0v) is 9.19. The molecular weight excluding hydrogens is 222 g/mol. The first kappa shape index (κ1) is 11.3. The summed E-state index contributed by atoms with van der Waals surface area (Å²) in [6, 6.07) is 6.57. The van der Waals surface area contributed by atoms with Crippen LogP contribution in [0.4, 0.5) is 5.69 Å². The van der Waals surface area contributed by atoms with Crippen LogP contribution in [0, 0.1) is 0 Å². The Labute approximate surface area is 97.7 Å². The van der Waals surface area contributed by atoms with Gasteiger partial charge in [-0.25, -0.2) is 4.79 Å². The molecule has 0 spiro atoms. The van der Waals surface area contributed by atoms with E-state index in [1.807, 2.05) is 0 Å². The van der Waals surface area contributed by atoms with Crippen molar-refractivity contribution in [3.63, 3.8) is 0 Å². The second-order valence-corrected chi connectivity index (χ2v) is 3.68. The Hall–Kier alpha value is -2.14. The van der Waals surface area contributed by atoms with Crippen LogP contribution < -0.4 is 5.32 Å². The smallest absolute Gasteiger partial charge is 0.336 e. The Morgan fingerprint density at radius 2 is 2.12 bits per heavy atom. The van der Waals surface area contributed by atoms with Gasteiger partial charge in [0.25, 0.3) is 5.91 Å². The number of anilines is 1. The summed E-state index contributed by atoms with van der Waals surface area (Å²) in [7, 11) is 1.16. The van der Waals surface area contributed by atoms with Crippen LogP contribution in [0.25, 0.3) is 0 Å². The number of methoxy groups -OCH3 is 1. The summed E-state index contributed by atoms with van der Waals surface area (Å²) >= 11 is 0. The van der Waals surface area contributed by atoms with Gasteiger partial charge in [0.2, 0.25) is 5.60 Å². The molecule has 1 heterocycles. The molecule has 1 aliphatic heterocycles. The normalized spacial score (nSPS) is 21.6. The van der Waals surface area contributed by atoms with Gasteiger partial charge in [-0.2, -0.15) is 0 Å². The number of aliphatic hydroxyl groups is 1. The van der Waals surface area contributed by atoms with E-state index in [-0.39, 0.29) is 5.57 Å². The number of fused-ring (bicyclic) bond motifs is 1. The topological polar surface area (TPSA) is 75.6 Å². The Morgan fingerprint density at radius 1 is 1.47 bits per heavy atom. The summed E-state index contributed by atoms with van der Waals surface area (Å²) in [5.41, 5.74) is -1.59. The molecule has 0 aliphatic carbocycles. The highest BCUT2D eigenvalue weighted by Gasteiger charge is 2.50. The molecule has 88 valence electrons. The fourth-order valence-corrected chi connectivity index (χ4v) is 1.81. The van der Waals surface area contributed by atoms with E-state index in [1.165, 1.54) is 0 Å². The van der Waals surface area contributed by atoms with Gasteiger partial charge in [-0.15, -0.1) is 0 Å². The van der Waals surface area contributed by atoms with E-state index in [2.05, 4.69) is 16.6 Å². The number of para-hydroxylation sites is 1. The zero-order valence-electron chi connectivity index (χ0n) is 9.19. The third-order valence-corrected chi connectivity index (χ3v) is 2.76. The van der Waals surface area contributed by atoms with Crippen LogP contribution >= 0.6 is 0 Å². The minimum atomic E-state index is -2.05. The van der Waals surface area contributed by atoms with Crippen LogP contribution in [0.2, 0.25) is 0 Å². The predicted octanol–water partition coefficient (Wildman–Crippen LogP) is 0.555. The second kappa shape index (κ2) is 3.71. The van der Waals surface area contributed by atoms with E-state index in [1.54, 1.807) is 24.3 Å². The number of amides is 1. The number of esters is 1. The summed E-state index contributed by atoms with van der Waals surface area (Å²) in [4.78, 5) is 23.2. The van der Waals surface area contributed by atoms with Crippen LogP contribution in [0.15, 0.2) is 36.4 Å². The molecule has 0 saturated carbocycles. The number of carbonyl (C=O) groups excluding carboxylic acids is 2. The van der Waals surface area contributed by atoms with Gasteiger partial charge in [0.05, 0.1) is 12.7 Å². The third-order valence-electron chi connectivity index (χ3n) is 2.76. The molecule has 5 nitrogen and oxygen atoms in total. The maximum atomic E-state index is 11.8. The van der Waals surface area contributed by atoms with E-state index >= 15 is 0 Å². The van der Waals surface area contributed by atoms with Gasteiger partial charge >= 0.3 is 5.97 Å². The average molecular weight is 233 g/mol. The van der Waals surface area contributed by atoms with E-state index in [0.29, 0.717) is 11.3 Å². The molecule has 0 radical (unpaired) electrons. The second-order valence-electron chi connectivity index (χ2n) is 3.68. The predicted molar refractivity (Wildman–Crippen MR) is 60.1 cm³/mol. The first-order valence-corrected chi connectivity index (χ1v) is 4.93. The van der Waals surface area contributed by atoms with Gasteiger partial charge < -0.3 is 15.2 Å². The molecule has 2 N–H and O–H groups in total. The van der Waals surface area contributed by atoms with Crippen molar-refractivity contribution in [1.29, 1.82) is 0 Å². The summed E-state index contributed by atoms with van der Waals surface area (Å²) in [6.45, 7) is 3.44. The Bertz CT molecular complexity index is 523. The van der Waals surface area contributed by atoms with E-state index < -0.39 is 17.5 Å². The molecule has 1 unspecified atom stereocenters. The van der Waals surface area contributed by atoms with Crippen molar-refractivity contribution in [3.8, 4) is 0 Å². The Morgan fingerprint density at radius 3 is 2.76 bits per heavy atom. The zero-order chi connectivity index (χ0) is 12.6. The third kappa shape index (κ3) is 1.43. The van der Waals surface area contributed by atoms with E-state index in [9.17, 15) is 14.7 Å². The molecule has 1 aliphatic rings. The lowest BCUT2D eigenvalue weighted by Gasteiger charge is -2.21. The molecule has 1 aromatic rings. The molecule has 0 saturated heterocycles. The van der Waals surface area contributed by atoms with Gasteiger partial charge in [0, 0.05) is 11.3 Å². The van der Waals surface area contributed by atoms with Gasteiger partial charge in [-0.05, 0) is 6.07 Å². The largest absolute Gasteiger partial charge is 0.466 e. The maximum Gasteiger partial charge on any atom is 0.336 e. The van der Waals surface area contributed by atoms with Crippen LogP contribution in [0.5, 0.6) is 0 Å². The van der Waals surface area contributed by atoms with Crippen LogP contribution in [0.3, 0.4) is 0 Å². The highest BCUT2D eigenvalue weighted by molar-refractivity contribution is 6.12. The number of rotatable bonds is 2. The summed E-state index contributed by atoms with van der Waals surface area (Å²) in [5, 5.41) is 12.9. The fourth-order valence-electron chi connectivity index (χ4n) is 1.81. The number of benzene rings is 1. The van der Waals surface area contributed by atoms with Crippen molar-refractivity contribution in [2.75, 3.05) is 12.4 Å². The van der Waals surface area contributed by atoms with Crippen LogP contribution in [-0.2, 0) is 19.9 Å². The first-order chi connectivity index (χ1) is 8.01.